The Hall–Kier alpha value is -1.99. The average molecular weight is 308 g/mol. The molecule has 1 aliphatic rings. The van der Waals surface area contributed by atoms with Crippen molar-refractivity contribution in [2.24, 2.45) is 0 Å². The minimum absolute atomic E-state index is 0.0795. The van der Waals surface area contributed by atoms with E-state index in [-0.39, 0.29) is 5.09 Å². The van der Waals surface area contributed by atoms with Crippen molar-refractivity contribution in [2.45, 2.75) is 18.1 Å². The molecule has 0 unspecified atom stereocenters. The highest BCUT2D eigenvalue weighted by molar-refractivity contribution is 7.89. The quantitative estimate of drug-likeness (QED) is 0.879. The number of rotatable bonds is 5. The average Bonchev–Trinajstić information content (AvgIpc) is 3.13. The summed E-state index contributed by atoms with van der Waals surface area (Å²) in [5.41, 5.74) is 2.13. The van der Waals surface area contributed by atoms with Gasteiger partial charge in [0.1, 0.15) is 11.5 Å². The SMILES string of the molecule is CNS(=O)(=O)c1ccc(CNc2ccc3c(c2)CCO3)o1. The van der Waals surface area contributed by atoms with E-state index >= 15 is 0 Å². The van der Waals surface area contributed by atoms with Crippen molar-refractivity contribution >= 4 is 15.7 Å². The van der Waals surface area contributed by atoms with Crippen LogP contribution >= 0.6 is 0 Å². The standard InChI is InChI=1S/C14H16N2O4S/c1-15-21(17,18)14-5-3-12(20-14)9-16-11-2-4-13-10(8-11)6-7-19-13/h2-5,8,15-16H,6-7,9H2,1H3. The topological polar surface area (TPSA) is 80.6 Å². The lowest BCUT2D eigenvalue weighted by atomic mass is 10.1. The molecule has 112 valence electrons. The van der Waals surface area contributed by atoms with Crippen molar-refractivity contribution in [3.05, 3.63) is 41.7 Å². The fraction of sp³-hybridized carbons (Fsp3) is 0.286. The number of hydrogen-bond acceptors (Lipinski definition) is 5. The Balaban J connectivity index is 1.68. The molecule has 0 atom stereocenters. The fourth-order valence-electron chi connectivity index (χ4n) is 2.18. The maximum Gasteiger partial charge on any atom is 0.273 e. The van der Waals surface area contributed by atoms with Crippen molar-refractivity contribution in [3.63, 3.8) is 0 Å². The molecule has 0 saturated carbocycles. The van der Waals surface area contributed by atoms with Gasteiger partial charge < -0.3 is 14.5 Å². The molecule has 0 bridgehead atoms. The molecule has 0 saturated heterocycles. The lowest BCUT2D eigenvalue weighted by Crippen LogP contribution is -2.17. The van der Waals surface area contributed by atoms with Crippen LogP contribution in [0.5, 0.6) is 5.75 Å². The number of ether oxygens (including phenoxy) is 1. The Morgan fingerprint density at radius 2 is 2.10 bits per heavy atom. The van der Waals surface area contributed by atoms with Crippen molar-refractivity contribution in [1.29, 1.82) is 0 Å². The Kier molecular flexibility index (Phi) is 3.60. The summed E-state index contributed by atoms with van der Waals surface area (Å²) < 4.78 is 36.1. The van der Waals surface area contributed by atoms with Crippen molar-refractivity contribution in [1.82, 2.24) is 4.72 Å². The van der Waals surface area contributed by atoms with E-state index in [0.717, 1.165) is 24.5 Å². The molecule has 0 aliphatic carbocycles. The molecule has 3 rings (SSSR count). The Labute approximate surface area is 123 Å². The molecule has 7 heteroatoms. The summed E-state index contributed by atoms with van der Waals surface area (Å²) in [7, 11) is -2.18. The summed E-state index contributed by atoms with van der Waals surface area (Å²) in [6, 6.07) is 8.99. The fourth-order valence-corrected chi connectivity index (χ4v) is 2.85. The van der Waals surface area contributed by atoms with Gasteiger partial charge in [-0.1, -0.05) is 0 Å². The van der Waals surface area contributed by atoms with Gasteiger partial charge in [-0.15, -0.1) is 0 Å². The summed E-state index contributed by atoms with van der Waals surface area (Å²) in [5.74, 6) is 1.49. The number of hydrogen-bond donors (Lipinski definition) is 2. The van der Waals surface area contributed by atoms with E-state index in [1.54, 1.807) is 6.07 Å². The Morgan fingerprint density at radius 1 is 1.24 bits per heavy atom. The van der Waals surface area contributed by atoms with E-state index in [4.69, 9.17) is 9.15 Å². The number of anilines is 1. The third-order valence-electron chi connectivity index (χ3n) is 3.33. The minimum Gasteiger partial charge on any atom is -0.493 e. The first kappa shape index (κ1) is 14.0. The summed E-state index contributed by atoms with van der Waals surface area (Å²) in [5, 5.41) is 3.13. The predicted molar refractivity (Wildman–Crippen MR) is 77.9 cm³/mol. The normalized spacial score (nSPS) is 13.8. The minimum atomic E-state index is -3.53. The molecule has 0 radical (unpaired) electrons. The van der Waals surface area contributed by atoms with Gasteiger partial charge in [0.2, 0.25) is 5.09 Å². The number of nitrogens with one attached hydrogen (secondary N) is 2. The highest BCUT2D eigenvalue weighted by atomic mass is 32.2. The molecule has 1 aliphatic heterocycles. The first-order chi connectivity index (χ1) is 10.1. The van der Waals surface area contributed by atoms with Crippen molar-refractivity contribution in [3.8, 4) is 5.75 Å². The first-order valence-electron chi connectivity index (χ1n) is 6.60. The molecule has 0 amide bonds. The van der Waals surface area contributed by atoms with Crippen LogP contribution in [-0.2, 0) is 23.0 Å². The molecule has 6 nitrogen and oxygen atoms in total. The molecule has 1 aromatic carbocycles. The molecule has 2 N–H and O–H groups in total. The third kappa shape index (κ3) is 2.88. The summed E-state index contributed by atoms with van der Waals surface area (Å²) in [6.07, 6.45) is 0.913. The molecular formula is C14H16N2O4S. The van der Waals surface area contributed by atoms with Gasteiger partial charge in [-0.25, -0.2) is 13.1 Å². The number of fused-ring (bicyclic) bond motifs is 1. The molecule has 1 aromatic heterocycles. The second kappa shape index (κ2) is 5.42. The maximum atomic E-state index is 11.6. The molecule has 21 heavy (non-hydrogen) atoms. The van der Waals surface area contributed by atoms with E-state index in [1.165, 1.54) is 18.7 Å². The monoisotopic (exact) mass is 308 g/mol. The summed E-state index contributed by atoms with van der Waals surface area (Å²) >= 11 is 0. The van der Waals surface area contributed by atoms with E-state index in [0.29, 0.717) is 12.3 Å². The highest BCUT2D eigenvalue weighted by Gasteiger charge is 2.16. The van der Waals surface area contributed by atoms with E-state index in [2.05, 4.69) is 10.0 Å². The van der Waals surface area contributed by atoms with Crippen LogP contribution in [0.2, 0.25) is 0 Å². The third-order valence-corrected chi connectivity index (χ3v) is 4.61. The molecular weight excluding hydrogens is 292 g/mol. The van der Waals surface area contributed by atoms with Gasteiger partial charge in [0.15, 0.2) is 0 Å². The zero-order valence-corrected chi connectivity index (χ0v) is 12.4. The lowest BCUT2D eigenvalue weighted by molar-refractivity contribution is 0.357. The van der Waals surface area contributed by atoms with Crippen LogP contribution in [0.1, 0.15) is 11.3 Å². The maximum absolute atomic E-state index is 11.6. The smallest absolute Gasteiger partial charge is 0.273 e. The van der Waals surface area contributed by atoms with Crippen LogP contribution in [0.3, 0.4) is 0 Å². The van der Waals surface area contributed by atoms with Crippen LogP contribution in [0.4, 0.5) is 5.69 Å². The first-order valence-corrected chi connectivity index (χ1v) is 8.09. The van der Waals surface area contributed by atoms with Crippen molar-refractivity contribution < 1.29 is 17.6 Å². The molecule has 0 fully saturated rings. The van der Waals surface area contributed by atoms with Gasteiger partial charge in [0.05, 0.1) is 13.2 Å². The molecule has 2 heterocycles. The van der Waals surface area contributed by atoms with Gasteiger partial charge >= 0.3 is 0 Å². The van der Waals surface area contributed by atoms with E-state index in [9.17, 15) is 8.42 Å². The van der Waals surface area contributed by atoms with Gasteiger partial charge in [-0.05, 0) is 42.9 Å². The van der Waals surface area contributed by atoms with Crippen LogP contribution in [-0.4, -0.2) is 22.1 Å². The van der Waals surface area contributed by atoms with Crippen molar-refractivity contribution in [2.75, 3.05) is 19.0 Å². The predicted octanol–water partition coefficient (Wildman–Crippen LogP) is 1.73. The van der Waals surface area contributed by atoms with E-state index in [1.807, 2.05) is 18.2 Å². The number of furan rings is 1. The van der Waals surface area contributed by atoms with E-state index < -0.39 is 10.0 Å². The second-order valence-corrected chi connectivity index (χ2v) is 6.52. The van der Waals surface area contributed by atoms with Gasteiger partial charge in [0, 0.05) is 12.1 Å². The van der Waals surface area contributed by atoms with Gasteiger partial charge in [0.25, 0.3) is 10.0 Å². The lowest BCUT2D eigenvalue weighted by Gasteiger charge is -2.06. The highest BCUT2D eigenvalue weighted by Crippen LogP contribution is 2.28. The molecule has 2 aromatic rings. The van der Waals surface area contributed by atoms with Crippen LogP contribution in [0, 0.1) is 0 Å². The Bertz CT molecular complexity index is 752. The number of benzene rings is 1. The van der Waals surface area contributed by atoms with Crippen LogP contribution in [0.15, 0.2) is 39.8 Å². The zero-order chi connectivity index (χ0) is 14.9. The van der Waals surface area contributed by atoms with Gasteiger partial charge in [-0.3, -0.25) is 0 Å². The molecule has 0 spiro atoms. The summed E-state index contributed by atoms with van der Waals surface area (Å²) in [6.45, 7) is 1.14. The van der Waals surface area contributed by atoms with Crippen LogP contribution in [0.25, 0.3) is 0 Å². The van der Waals surface area contributed by atoms with Gasteiger partial charge in [-0.2, -0.15) is 0 Å². The van der Waals surface area contributed by atoms with Crippen LogP contribution < -0.4 is 14.8 Å². The zero-order valence-electron chi connectivity index (χ0n) is 11.5. The summed E-state index contributed by atoms with van der Waals surface area (Å²) in [4.78, 5) is 0. The largest absolute Gasteiger partial charge is 0.493 e. The second-order valence-electron chi connectivity index (χ2n) is 4.70. The Morgan fingerprint density at radius 3 is 2.90 bits per heavy atom. The number of sulfonamides is 1.